The van der Waals surface area contributed by atoms with E-state index in [4.69, 9.17) is 10.2 Å². The summed E-state index contributed by atoms with van der Waals surface area (Å²) in [4.78, 5) is 0. The number of aliphatic hydroxyl groups excluding tert-OH is 2. The second-order valence-corrected chi connectivity index (χ2v) is 5.80. The molecule has 0 bridgehead atoms. The molecule has 1 aromatic carbocycles. The lowest BCUT2D eigenvalue weighted by Crippen LogP contribution is -2.15. The lowest BCUT2D eigenvalue weighted by Gasteiger charge is -1.99. The zero-order chi connectivity index (χ0) is 13.9. The van der Waals surface area contributed by atoms with Crippen LogP contribution in [0.4, 0.5) is 5.69 Å². The van der Waals surface area contributed by atoms with Gasteiger partial charge in [-0.2, -0.15) is 0 Å². The molecule has 0 amide bonds. The van der Waals surface area contributed by atoms with Crippen molar-refractivity contribution in [1.82, 2.24) is 0 Å². The SMILES string of the molecule is CCNc1ccccc1.O=S(=O)(CCO)CCO. The third kappa shape index (κ3) is 8.98. The van der Waals surface area contributed by atoms with Crippen LogP contribution in [0.1, 0.15) is 6.92 Å². The van der Waals surface area contributed by atoms with Crippen LogP contribution in [0.2, 0.25) is 0 Å². The standard InChI is InChI=1S/C8H11N.C4H10O4S/c1-2-9-8-6-4-3-5-7-8;5-1-3-9(7,8)4-2-6/h3-7,9H,2H2,1H3;5-6H,1-4H2. The second-order valence-electron chi connectivity index (χ2n) is 3.50. The fourth-order valence-electron chi connectivity index (χ4n) is 1.14. The molecule has 0 fully saturated rings. The average molecular weight is 275 g/mol. The van der Waals surface area contributed by atoms with Crippen molar-refractivity contribution in [2.75, 3.05) is 36.6 Å². The van der Waals surface area contributed by atoms with E-state index in [1.165, 1.54) is 5.69 Å². The van der Waals surface area contributed by atoms with Crippen LogP contribution in [-0.4, -0.2) is 49.9 Å². The number of sulfone groups is 1. The molecular weight excluding hydrogens is 254 g/mol. The molecule has 0 saturated heterocycles. The Kier molecular flexibility index (Phi) is 9.26. The highest BCUT2D eigenvalue weighted by atomic mass is 32.2. The van der Waals surface area contributed by atoms with Gasteiger partial charge in [0.05, 0.1) is 24.7 Å². The minimum Gasteiger partial charge on any atom is -0.395 e. The van der Waals surface area contributed by atoms with E-state index in [9.17, 15) is 8.42 Å². The molecule has 0 aliphatic carbocycles. The summed E-state index contributed by atoms with van der Waals surface area (Å²) < 4.78 is 21.0. The molecule has 0 radical (unpaired) electrons. The van der Waals surface area contributed by atoms with Gasteiger partial charge in [-0.1, -0.05) is 18.2 Å². The Morgan fingerprint density at radius 2 is 1.56 bits per heavy atom. The first-order valence-corrected chi connectivity index (χ1v) is 7.59. The van der Waals surface area contributed by atoms with Gasteiger partial charge in [-0.25, -0.2) is 8.42 Å². The van der Waals surface area contributed by atoms with Gasteiger partial charge in [0.1, 0.15) is 0 Å². The van der Waals surface area contributed by atoms with E-state index in [1.54, 1.807) is 0 Å². The lowest BCUT2D eigenvalue weighted by atomic mass is 10.3. The van der Waals surface area contributed by atoms with E-state index in [2.05, 4.69) is 24.4 Å². The first-order chi connectivity index (χ1) is 8.55. The van der Waals surface area contributed by atoms with Crippen molar-refractivity contribution in [3.63, 3.8) is 0 Å². The van der Waals surface area contributed by atoms with E-state index in [-0.39, 0.29) is 24.7 Å². The summed E-state index contributed by atoms with van der Waals surface area (Å²) in [6, 6.07) is 10.2. The molecule has 1 rings (SSSR count). The lowest BCUT2D eigenvalue weighted by molar-refractivity contribution is 0.312. The maximum Gasteiger partial charge on any atom is 0.154 e. The molecule has 0 heterocycles. The number of benzene rings is 1. The summed E-state index contributed by atoms with van der Waals surface area (Å²) >= 11 is 0. The largest absolute Gasteiger partial charge is 0.395 e. The number of aliphatic hydroxyl groups is 2. The molecule has 18 heavy (non-hydrogen) atoms. The number of anilines is 1. The molecule has 0 unspecified atom stereocenters. The molecule has 0 atom stereocenters. The highest BCUT2D eigenvalue weighted by Crippen LogP contribution is 2.02. The molecule has 104 valence electrons. The van der Waals surface area contributed by atoms with Gasteiger partial charge in [0.25, 0.3) is 0 Å². The summed E-state index contributed by atoms with van der Waals surface area (Å²) in [6.07, 6.45) is 0. The Bertz CT molecular complexity index is 380. The Labute approximate surface area is 108 Å². The zero-order valence-corrected chi connectivity index (χ0v) is 11.4. The van der Waals surface area contributed by atoms with Crippen LogP contribution in [0, 0.1) is 0 Å². The summed E-state index contributed by atoms with van der Waals surface area (Å²) in [5, 5.41) is 19.5. The molecule has 3 N–H and O–H groups in total. The zero-order valence-electron chi connectivity index (χ0n) is 10.5. The Hall–Kier alpha value is -1.11. The first-order valence-electron chi connectivity index (χ1n) is 5.76. The molecule has 0 saturated carbocycles. The fourth-order valence-corrected chi connectivity index (χ4v) is 1.90. The van der Waals surface area contributed by atoms with Crippen LogP contribution in [-0.2, 0) is 9.84 Å². The molecule has 6 heteroatoms. The minimum absolute atomic E-state index is 0.256. The Morgan fingerprint density at radius 3 is 1.94 bits per heavy atom. The molecule has 0 aliphatic rings. The fraction of sp³-hybridized carbons (Fsp3) is 0.500. The van der Waals surface area contributed by atoms with Gasteiger partial charge < -0.3 is 15.5 Å². The summed E-state index contributed by atoms with van der Waals surface area (Å²) in [5.74, 6) is -0.513. The van der Waals surface area contributed by atoms with Crippen LogP contribution in [0.5, 0.6) is 0 Å². The van der Waals surface area contributed by atoms with Crippen molar-refractivity contribution in [3.8, 4) is 0 Å². The number of hydrogen-bond acceptors (Lipinski definition) is 5. The van der Waals surface area contributed by atoms with Gasteiger partial charge in [0, 0.05) is 12.2 Å². The van der Waals surface area contributed by atoms with Crippen molar-refractivity contribution in [1.29, 1.82) is 0 Å². The van der Waals surface area contributed by atoms with Crippen molar-refractivity contribution in [3.05, 3.63) is 30.3 Å². The van der Waals surface area contributed by atoms with Gasteiger partial charge in [-0.3, -0.25) is 0 Å². The van der Waals surface area contributed by atoms with Gasteiger partial charge in [-0.05, 0) is 19.1 Å². The molecular formula is C12H21NO4S. The van der Waals surface area contributed by atoms with E-state index >= 15 is 0 Å². The molecule has 5 nitrogen and oxygen atoms in total. The predicted octanol–water partition coefficient (Wildman–Crippen LogP) is 0.504. The predicted molar refractivity (Wildman–Crippen MR) is 73.4 cm³/mol. The maximum atomic E-state index is 10.5. The Balaban J connectivity index is 0.000000321. The molecule has 0 aromatic heterocycles. The topological polar surface area (TPSA) is 86.6 Å². The van der Waals surface area contributed by atoms with Crippen LogP contribution in [0.15, 0.2) is 30.3 Å². The average Bonchev–Trinajstić information content (AvgIpc) is 2.31. The van der Waals surface area contributed by atoms with Crippen LogP contribution in [0.3, 0.4) is 0 Å². The number of rotatable bonds is 6. The number of hydrogen-bond donors (Lipinski definition) is 3. The van der Waals surface area contributed by atoms with Gasteiger partial charge in [-0.15, -0.1) is 0 Å². The smallest absolute Gasteiger partial charge is 0.154 e. The quantitative estimate of drug-likeness (QED) is 0.704. The van der Waals surface area contributed by atoms with Crippen molar-refractivity contribution in [2.24, 2.45) is 0 Å². The van der Waals surface area contributed by atoms with E-state index in [1.807, 2.05) is 18.2 Å². The highest BCUT2D eigenvalue weighted by molar-refractivity contribution is 7.91. The summed E-state index contributed by atoms with van der Waals surface area (Å²) in [7, 11) is -3.18. The molecule has 0 aliphatic heterocycles. The van der Waals surface area contributed by atoms with Crippen molar-refractivity contribution < 1.29 is 18.6 Å². The third-order valence-electron chi connectivity index (χ3n) is 1.96. The van der Waals surface area contributed by atoms with Gasteiger partial charge in [0.15, 0.2) is 9.84 Å². The van der Waals surface area contributed by atoms with E-state index in [0.29, 0.717) is 0 Å². The number of para-hydroxylation sites is 1. The van der Waals surface area contributed by atoms with Gasteiger partial charge >= 0.3 is 0 Å². The maximum absolute atomic E-state index is 10.5. The van der Waals surface area contributed by atoms with Crippen LogP contribution >= 0.6 is 0 Å². The number of nitrogens with one attached hydrogen (secondary N) is 1. The highest BCUT2D eigenvalue weighted by Gasteiger charge is 2.06. The van der Waals surface area contributed by atoms with Crippen molar-refractivity contribution in [2.45, 2.75) is 6.92 Å². The second kappa shape index (κ2) is 9.87. The monoisotopic (exact) mass is 275 g/mol. The van der Waals surface area contributed by atoms with Crippen LogP contribution in [0.25, 0.3) is 0 Å². The third-order valence-corrected chi connectivity index (χ3v) is 3.57. The molecule has 1 aromatic rings. The minimum atomic E-state index is -3.18. The Morgan fingerprint density at radius 1 is 1.06 bits per heavy atom. The van der Waals surface area contributed by atoms with E-state index < -0.39 is 9.84 Å². The summed E-state index contributed by atoms with van der Waals surface area (Å²) in [5.41, 5.74) is 1.19. The van der Waals surface area contributed by atoms with Crippen LogP contribution < -0.4 is 5.32 Å². The normalized spacial score (nSPS) is 10.4. The first kappa shape index (κ1) is 16.9. The summed E-state index contributed by atoms with van der Waals surface area (Å²) in [6.45, 7) is 2.34. The van der Waals surface area contributed by atoms with Gasteiger partial charge in [0.2, 0.25) is 0 Å². The van der Waals surface area contributed by atoms with E-state index in [0.717, 1.165) is 6.54 Å². The molecule has 0 spiro atoms. The van der Waals surface area contributed by atoms with Crippen molar-refractivity contribution >= 4 is 15.5 Å².